The lowest BCUT2D eigenvalue weighted by molar-refractivity contribution is 0.509. The van der Waals surface area contributed by atoms with Crippen LogP contribution in [0.5, 0.6) is 0 Å². The molecule has 0 aromatic rings. The van der Waals surface area contributed by atoms with Crippen LogP contribution < -0.4 is 10.6 Å². The summed E-state index contributed by atoms with van der Waals surface area (Å²) in [6, 6.07) is 0. The van der Waals surface area contributed by atoms with E-state index in [9.17, 15) is 0 Å². The van der Waals surface area contributed by atoms with Crippen LogP contribution in [0.15, 0.2) is 0 Å². The lowest BCUT2D eigenvalue weighted by Crippen LogP contribution is -2.50. The van der Waals surface area contributed by atoms with Crippen LogP contribution in [-0.4, -0.2) is 34.6 Å². The van der Waals surface area contributed by atoms with Crippen LogP contribution >= 0.6 is 0 Å². The van der Waals surface area contributed by atoms with Crippen molar-refractivity contribution in [2.75, 3.05) is 12.3 Å². The molecule has 0 aromatic heterocycles. The zero-order valence-electron chi connectivity index (χ0n) is 11.0. The lowest BCUT2D eigenvalue weighted by Gasteiger charge is -2.25. The van der Waals surface area contributed by atoms with Crippen molar-refractivity contribution in [1.29, 1.82) is 0 Å². The molecule has 0 saturated heterocycles. The van der Waals surface area contributed by atoms with E-state index >= 15 is 0 Å². The molecule has 4 heteroatoms. The normalized spacial score (nSPS) is 13.7. The van der Waals surface area contributed by atoms with Gasteiger partial charge in [-0.1, -0.05) is 39.3 Å². The lowest BCUT2D eigenvalue weighted by atomic mass is 10.6. The summed E-state index contributed by atoms with van der Waals surface area (Å²) in [5, 5.41) is 7.14. The number of hydrogen-bond acceptors (Lipinski definition) is 2. The Balaban J connectivity index is 3.62. The Labute approximate surface area is 91.9 Å². The first-order valence-corrected chi connectivity index (χ1v) is 13.0. The molecule has 0 unspecified atom stereocenters. The van der Waals surface area contributed by atoms with Gasteiger partial charge in [-0.15, -0.1) is 0 Å². The summed E-state index contributed by atoms with van der Waals surface area (Å²) >= 11 is 0. The summed E-state index contributed by atoms with van der Waals surface area (Å²) in [5.41, 5.74) is 0. The van der Waals surface area contributed by atoms with Crippen molar-refractivity contribution in [2.45, 2.75) is 52.4 Å². The zero-order valence-corrected chi connectivity index (χ0v) is 13.0. The summed E-state index contributed by atoms with van der Waals surface area (Å²) < 4.78 is 0. The molecule has 0 radical (unpaired) electrons. The molecule has 0 fully saturated rings. The van der Waals surface area contributed by atoms with E-state index < -0.39 is 16.1 Å². The van der Waals surface area contributed by atoms with Crippen LogP contribution in [0.1, 0.15) is 6.92 Å². The molecule has 86 valence electrons. The monoisotopic (exact) mass is 232 g/mol. The second-order valence-electron chi connectivity index (χ2n) is 6.60. The molecule has 0 aromatic carbocycles. The molecular weight excluding hydrogens is 204 g/mol. The van der Waals surface area contributed by atoms with Crippen molar-refractivity contribution in [2.24, 2.45) is 0 Å². The topological polar surface area (TPSA) is 24.1 Å². The Morgan fingerprint density at radius 2 is 1.07 bits per heavy atom. The summed E-state index contributed by atoms with van der Waals surface area (Å²) in [5.74, 6) is 0. The van der Waals surface area contributed by atoms with Crippen LogP contribution in [-0.2, 0) is 0 Å². The number of rotatable bonds is 6. The molecule has 0 rings (SSSR count). The summed E-state index contributed by atoms with van der Waals surface area (Å²) in [7, 11) is -1.87. The SMILES string of the molecule is CC(NC[Si](C)(C)C)NC[Si](C)(C)C. The summed E-state index contributed by atoms with van der Waals surface area (Å²) in [4.78, 5) is 0. The first-order chi connectivity index (χ1) is 6.10. The Bertz CT molecular complexity index is 140. The van der Waals surface area contributed by atoms with Crippen LogP contribution in [0.4, 0.5) is 0 Å². The van der Waals surface area contributed by atoms with Gasteiger partial charge in [0, 0.05) is 0 Å². The quantitative estimate of drug-likeness (QED) is 0.542. The van der Waals surface area contributed by atoms with Gasteiger partial charge in [0.25, 0.3) is 0 Å². The molecular formula is C10H28N2Si2. The average molecular weight is 233 g/mol. The van der Waals surface area contributed by atoms with Crippen molar-refractivity contribution in [3.05, 3.63) is 0 Å². The van der Waals surface area contributed by atoms with Gasteiger partial charge in [-0.3, -0.25) is 0 Å². The third-order valence-corrected chi connectivity index (χ3v) is 4.41. The maximum absolute atomic E-state index is 3.57. The molecule has 0 spiro atoms. The van der Waals surface area contributed by atoms with Gasteiger partial charge in [0.2, 0.25) is 0 Å². The summed E-state index contributed by atoms with van der Waals surface area (Å²) in [6.45, 7) is 16.6. The third-order valence-electron chi connectivity index (χ3n) is 1.88. The molecule has 0 heterocycles. The van der Waals surface area contributed by atoms with Crippen molar-refractivity contribution >= 4 is 16.1 Å². The molecule has 0 atom stereocenters. The highest BCUT2D eigenvalue weighted by molar-refractivity contribution is 6.76. The second-order valence-corrected chi connectivity index (χ2v) is 17.6. The fraction of sp³-hybridized carbons (Fsp3) is 1.00. The first kappa shape index (κ1) is 14.4. The molecule has 0 aliphatic carbocycles. The highest BCUT2D eigenvalue weighted by atomic mass is 28.3. The minimum Gasteiger partial charge on any atom is -0.305 e. The largest absolute Gasteiger partial charge is 0.305 e. The fourth-order valence-corrected chi connectivity index (χ4v) is 2.83. The smallest absolute Gasteiger partial charge is 0.0596 e. The molecule has 14 heavy (non-hydrogen) atoms. The minimum atomic E-state index is -0.935. The molecule has 0 saturated carbocycles. The van der Waals surface area contributed by atoms with Crippen molar-refractivity contribution in [3.8, 4) is 0 Å². The zero-order chi connectivity index (χ0) is 11.4. The van der Waals surface area contributed by atoms with E-state index in [0.717, 1.165) is 0 Å². The number of nitrogens with one attached hydrogen (secondary N) is 2. The van der Waals surface area contributed by atoms with Crippen molar-refractivity contribution in [3.63, 3.8) is 0 Å². The van der Waals surface area contributed by atoms with E-state index in [1.807, 2.05) is 0 Å². The van der Waals surface area contributed by atoms with Gasteiger partial charge in [-0.05, 0) is 19.3 Å². The van der Waals surface area contributed by atoms with Gasteiger partial charge in [0.1, 0.15) is 0 Å². The minimum absolute atomic E-state index is 0.466. The van der Waals surface area contributed by atoms with Gasteiger partial charge < -0.3 is 10.6 Å². The standard InChI is InChI=1S/C10H28N2Si2/c1-10(11-8-13(2,3)4)12-9-14(5,6)7/h10-12H,8-9H2,1-7H3. The van der Waals surface area contributed by atoms with E-state index in [1.54, 1.807) is 0 Å². The number of hydrogen-bond donors (Lipinski definition) is 2. The third kappa shape index (κ3) is 10.4. The predicted molar refractivity (Wildman–Crippen MR) is 72.2 cm³/mol. The van der Waals surface area contributed by atoms with Crippen molar-refractivity contribution < 1.29 is 0 Å². The average Bonchev–Trinajstić information content (AvgIpc) is 1.94. The maximum atomic E-state index is 3.57. The predicted octanol–water partition coefficient (Wildman–Crippen LogP) is 2.27. The molecule has 0 amide bonds. The summed E-state index contributed by atoms with van der Waals surface area (Å²) in [6.07, 6.45) is 2.87. The van der Waals surface area contributed by atoms with Gasteiger partial charge in [0.05, 0.1) is 22.3 Å². The van der Waals surface area contributed by atoms with Gasteiger partial charge in [-0.2, -0.15) is 0 Å². The molecule has 2 nitrogen and oxygen atoms in total. The van der Waals surface area contributed by atoms with Crippen LogP contribution in [0.3, 0.4) is 0 Å². The van der Waals surface area contributed by atoms with Gasteiger partial charge in [0.15, 0.2) is 0 Å². The fourth-order valence-electron chi connectivity index (χ4n) is 0.991. The van der Waals surface area contributed by atoms with Crippen molar-refractivity contribution in [1.82, 2.24) is 10.6 Å². The molecule has 0 bridgehead atoms. The van der Waals surface area contributed by atoms with E-state index in [4.69, 9.17) is 0 Å². The first-order valence-electron chi connectivity index (χ1n) is 5.57. The Hall–Kier alpha value is 0.354. The van der Waals surface area contributed by atoms with Crippen LogP contribution in [0, 0.1) is 0 Å². The maximum Gasteiger partial charge on any atom is 0.0596 e. The highest BCUT2D eigenvalue weighted by Gasteiger charge is 2.16. The van der Waals surface area contributed by atoms with Gasteiger partial charge >= 0.3 is 0 Å². The van der Waals surface area contributed by atoms with E-state index in [0.29, 0.717) is 6.17 Å². The van der Waals surface area contributed by atoms with E-state index in [-0.39, 0.29) is 0 Å². The van der Waals surface area contributed by atoms with Crippen LogP contribution in [0.25, 0.3) is 0 Å². The Morgan fingerprint density at radius 3 is 1.29 bits per heavy atom. The molecule has 0 aliphatic rings. The van der Waals surface area contributed by atoms with Crippen LogP contribution in [0.2, 0.25) is 39.3 Å². The van der Waals surface area contributed by atoms with E-state index in [1.165, 1.54) is 12.3 Å². The highest BCUT2D eigenvalue weighted by Crippen LogP contribution is 1.99. The van der Waals surface area contributed by atoms with E-state index in [2.05, 4.69) is 56.8 Å². The van der Waals surface area contributed by atoms with Gasteiger partial charge in [-0.25, -0.2) is 0 Å². The molecule has 2 N–H and O–H groups in total. The Kier molecular flexibility index (Phi) is 5.58. The Morgan fingerprint density at radius 1 is 0.786 bits per heavy atom. The second kappa shape index (κ2) is 5.44. The molecule has 0 aliphatic heterocycles.